The van der Waals surface area contributed by atoms with Gasteiger partial charge in [-0.15, -0.1) is 0 Å². The molecule has 1 aromatic heterocycles. The third-order valence-corrected chi connectivity index (χ3v) is 15.6. The lowest BCUT2D eigenvalue weighted by atomic mass is 9.47. The van der Waals surface area contributed by atoms with Gasteiger partial charge >= 0.3 is 17.9 Å². The van der Waals surface area contributed by atoms with Crippen LogP contribution in [0.25, 0.3) is 10.9 Å². The van der Waals surface area contributed by atoms with Crippen molar-refractivity contribution in [2.75, 3.05) is 66.0 Å². The normalized spacial score (nSPS) is 37.0. The van der Waals surface area contributed by atoms with Crippen LogP contribution in [-0.4, -0.2) is 133 Å². The summed E-state index contributed by atoms with van der Waals surface area (Å²) >= 11 is 0. The fraction of sp³-hybridized carbons (Fsp3) is 0.587. The molecule has 1 aliphatic carbocycles. The summed E-state index contributed by atoms with van der Waals surface area (Å²) in [6, 6.07) is 11.0. The molecule has 316 valence electrons. The van der Waals surface area contributed by atoms with Crippen molar-refractivity contribution in [1.82, 2.24) is 14.8 Å². The summed E-state index contributed by atoms with van der Waals surface area (Å²) in [6.45, 7) is 8.62. The van der Waals surface area contributed by atoms with Crippen LogP contribution in [0, 0.1) is 11.3 Å². The number of aromatic nitrogens is 1. The van der Waals surface area contributed by atoms with Gasteiger partial charge in [-0.3, -0.25) is 19.4 Å². The highest BCUT2D eigenvalue weighted by Gasteiger charge is 2.80. The Hall–Kier alpha value is -4.43. The highest BCUT2D eigenvalue weighted by molar-refractivity contribution is 5.95. The topological polar surface area (TPSA) is 154 Å². The van der Waals surface area contributed by atoms with Crippen molar-refractivity contribution in [3.8, 4) is 5.75 Å². The summed E-state index contributed by atoms with van der Waals surface area (Å²) in [6.07, 6.45) is 5.94. The second kappa shape index (κ2) is 13.8. The van der Waals surface area contributed by atoms with Gasteiger partial charge in [-0.05, 0) is 74.2 Å². The standard InChI is InChI=1S/C46H58N4O9/c1-8-42(54)23-28-24-45(40(52)57-6,36-30(15-19-49(25-28)26-42)29-13-10-11-14-33(29)47-36)32-21-31-34(22-35(32)56-5)48(4)38-44(31)17-20-50-18-12-16-43(9-2,37(44)50)39(59-27(3)51)46(38,55)41(53)58-7/h10-14,16,21-22,28,37-39,47,54-55H,8-9,15,17-20,23-26H2,1-7H3/t28-,37?,38+,39+,42-,43+,44?,45-,46-/m0/s1. The molecule has 2 aromatic carbocycles. The SMILES string of the molecule is CC[C@]1(O)C[C@@H]2CN(CCc3c([nH]c4ccccc34)[C@@](C(=O)OC)(c3cc4c(cc3OC)N(C)[C@@H]3C45CCN4CC=C[C@](CC)(C45)[C@@H](OC(C)=O)[C@]3(O)C(=O)OC)C2)C1. The number of nitrogens with zero attached hydrogens (tertiary/aromatic N) is 3. The van der Waals surface area contributed by atoms with Gasteiger partial charge in [0.1, 0.15) is 11.2 Å². The van der Waals surface area contributed by atoms with E-state index < -0.39 is 57.5 Å². The molecule has 10 atom stereocenters. The lowest BCUT2D eigenvalue weighted by Crippen LogP contribution is -2.81. The van der Waals surface area contributed by atoms with Gasteiger partial charge < -0.3 is 39.0 Å². The number of para-hydroxylation sites is 1. The number of rotatable bonds is 7. The molecule has 3 fully saturated rings. The van der Waals surface area contributed by atoms with Crippen LogP contribution in [-0.2, 0) is 45.8 Å². The number of nitrogens with one attached hydrogen (secondary N) is 1. The lowest BCUT2D eigenvalue weighted by molar-refractivity contribution is -0.228. The van der Waals surface area contributed by atoms with Gasteiger partial charge in [0, 0.05) is 90.9 Å². The molecular formula is C46H58N4O9. The zero-order chi connectivity index (χ0) is 41.9. The second-order valence-corrected chi connectivity index (χ2v) is 18.2. The Labute approximate surface area is 345 Å². The van der Waals surface area contributed by atoms with Crippen molar-refractivity contribution in [2.24, 2.45) is 11.3 Å². The van der Waals surface area contributed by atoms with E-state index in [1.807, 2.05) is 50.1 Å². The van der Waals surface area contributed by atoms with E-state index >= 15 is 4.79 Å². The van der Waals surface area contributed by atoms with Gasteiger partial charge in [-0.2, -0.15) is 0 Å². The molecule has 1 spiro atoms. The van der Waals surface area contributed by atoms with Crippen molar-refractivity contribution in [2.45, 2.75) is 99.5 Å². The van der Waals surface area contributed by atoms with Gasteiger partial charge in [0.05, 0.1) is 33.0 Å². The first-order valence-electron chi connectivity index (χ1n) is 21.2. The van der Waals surface area contributed by atoms with E-state index in [1.54, 1.807) is 7.11 Å². The van der Waals surface area contributed by atoms with Crippen LogP contribution >= 0.6 is 0 Å². The number of anilines is 1. The number of aliphatic hydroxyl groups is 2. The molecule has 6 heterocycles. The maximum Gasteiger partial charge on any atom is 0.344 e. The van der Waals surface area contributed by atoms with Crippen LogP contribution in [0.1, 0.15) is 75.3 Å². The van der Waals surface area contributed by atoms with Gasteiger partial charge in [-0.25, -0.2) is 4.79 Å². The quantitative estimate of drug-likeness (QED) is 0.180. The number of piperidine rings is 1. The number of ether oxygens (including phenoxy) is 4. The van der Waals surface area contributed by atoms with Gasteiger partial charge in [-0.1, -0.05) is 44.2 Å². The van der Waals surface area contributed by atoms with Gasteiger partial charge in [0.15, 0.2) is 6.10 Å². The van der Waals surface area contributed by atoms with E-state index in [4.69, 9.17) is 18.9 Å². The molecule has 0 amide bonds. The summed E-state index contributed by atoms with van der Waals surface area (Å²) in [5, 5.41) is 26.3. The fourth-order valence-corrected chi connectivity index (χ4v) is 13.5. The van der Waals surface area contributed by atoms with E-state index in [-0.39, 0.29) is 12.0 Å². The Morgan fingerprint density at radius 3 is 2.41 bits per heavy atom. The monoisotopic (exact) mass is 810 g/mol. The highest BCUT2D eigenvalue weighted by Crippen LogP contribution is 2.68. The van der Waals surface area contributed by atoms with Crippen molar-refractivity contribution in [1.29, 1.82) is 0 Å². The summed E-state index contributed by atoms with van der Waals surface area (Å²) < 4.78 is 23.9. The molecule has 3 unspecified atom stereocenters. The largest absolute Gasteiger partial charge is 0.496 e. The van der Waals surface area contributed by atoms with Crippen molar-refractivity contribution in [3.05, 3.63) is 70.9 Å². The predicted molar refractivity (Wildman–Crippen MR) is 220 cm³/mol. The number of fused-ring (bicyclic) bond motifs is 6. The van der Waals surface area contributed by atoms with Crippen LogP contribution in [0.2, 0.25) is 0 Å². The number of hydrogen-bond donors (Lipinski definition) is 3. The first-order valence-corrected chi connectivity index (χ1v) is 21.2. The Bertz CT molecular complexity index is 2260. The van der Waals surface area contributed by atoms with Gasteiger partial charge in [0.25, 0.3) is 0 Å². The fourth-order valence-electron chi connectivity index (χ4n) is 13.5. The van der Waals surface area contributed by atoms with Crippen LogP contribution in [0.4, 0.5) is 5.69 Å². The predicted octanol–water partition coefficient (Wildman–Crippen LogP) is 3.99. The molecule has 59 heavy (non-hydrogen) atoms. The number of methoxy groups -OCH3 is 3. The maximum atomic E-state index is 15.3. The van der Waals surface area contributed by atoms with E-state index in [1.165, 1.54) is 21.1 Å². The third-order valence-electron chi connectivity index (χ3n) is 15.6. The number of esters is 3. The molecule has 2 bridgehead atoms. The number of H-pyrrole nitrogens is 1. The average molecular weight is 811 g/mol. The number of aromatic amines is 1. The van der Waals surface area contributed by atoms with Crippen LogP contribution in [0.5, 0.6) is 5.75 Å². The molecule has 6 aliphatic rings. The zero-order valence-corrected chi connectivity index (χ0v) is 35.3. The molecule has 2 saturated heterocycles. The van der Waals surface area contributed by atoms with Crippen molar-refractivity contribution >= 4 is 34.5 Å². The first kappa shape index (κ1) is 40.0. The Kier molecular flexibility index (Phi) is 9.36. The molecule has 13 nitrogen and oxygen atoms in total. The summed E-state index contributed by atoms with van der Waals surface area (Å²) in [7, 11) is 6.15. The molecule has 3 aromatic rings. The van der Waals surface area contributed by atoms with E-state index in [2.05, 4.69) is 39.1 Å². The summed E-state index contributed by atoms with van der Waals surface area (Å²) in [5.41, 5.74) is -1.62. The molecule has 3 N–H and O–H groups in total. The molecule has 0 radical (unpaired) electrons. The van der Waals surface area contributed by atoms with Gasteiger partial charge in [0.2, 0.25) is 5.60 Å². The maximum absolute atomic E-state index is 15.3. The lowest BCUT2D eigenvalue weighted by Gasteiger charge is -2.63. The molecular weight excluding hydrogens is 753 g/mol. The molecule has 13 heteroatoms. The zero-order valence-electron chi connectivity index (χ0n) is 35.3. The Balaban J connectivity index is 1.36. The molecule has 9 rings (SSSR count). The Morgan fingerprint density at radius 1 is 0.949 bits per heavy atom. The minimum atomic E-state index is -2.30. The van der Waals surface area contributed by atoms with E-state index in [9.17, 15) is 19.8 Å². The Morgan fingerprint density at radius 2 is 1.71 bits per heavy atom. The van der Waals surface area contributed by atoms with Crippen LogP contribution < -0.4 is 9.64 Å². The number of hydrogen-bond acceptors (Lipinski definition) is 12. The van der Waals surface area contributed by atoms with E-state index in [0.29, 0.717) is 82.6 Å². The molecule has 1 saturated carbocycles. The first-order chi connectivity index (χ1) is 28.2. The van der Waals surface area contributed by atoms with Crippen LogP contribution in [0.15, 0.2) is 48.6 Å². The summed E-state index contributed by atoms with van der Waals surface area (Å²) in [4.78, 5) is 53.2. The second-order valence-electron chi connectivity index (χ2n) is 18.2. The number of benzene rings is 2. The van der Waals surface area contributed by atoms with Crippen molar-refractivity contribution < 1.29 is 43.5 Å². The number of carbonyl (C=O) groups is 3. The number of likely N-dealkylation sites (N-methyl/N-ethyl adjacent to an activating group) is 1. The highest BCUT2D eigenvalue weighted by atomic mass is 16.6. The molecule has 5 aliphatic heterocycles. The third kappa shape index (κ3) is 5.20. The smallest absolute Gasteiger partial charge is 0.344 e. The average Bonchev–Trinajstić information content (AvgIpc) is 3.90. The number of carbonyl (C=O) groups excluding carboxylic acids is 3. The minimum Gasteiger partial charge on any atom is -0.496 e. The summed E-state index contributed by atoms with van der Waals surface area (Å²) in [5.74, 6) is -1.56. The van der Waals surface area contributed by atoms with Crippen LogP contribution in [0.3, 0.4) is 0 Å². The van der Waals surface area contributed by atoms with E-state index in [0.717, 1.165) is 33.4 Å². The minimum absolute atomic E-state index is 0.0986. The van der Waals surface area contributed by atoms with Crippen molar-refractivity contribution in [3.63, 3.8) is 0 Å².